The van der Waals surface area contributed by atoms with Crippen LogP contribution in [0.4, 0.5) is 0 Å². The first-order valence-electron chi connectivity index (χ1n) is 3.91. The number of aromatic nitrogens is 4. The number of rotatable bonds is 4. The molecule has 0 aliphatic rings. The topological polar surface area (TPSA) is 91.8 Å². The van der Waals surface area contributed by atoms with Crippen molar-refractivity contribution in [2.24, 2.45) is 0 Å². The van der Waals surface area contributed by atoms with Gasteiger partial charge in [0.1, 0.15) is 6.33 Å². The fourth-order valence-corrected chi connectivity index (χ4v) is 2.31. The maximum absolute atomic E-state index is 10.6. The maximum atomic E-state index is 10.6. The second-order valence-electron chi connectivity index (χ2n) is 2.53. The Balaban J connectivity index is 1.96. The van der Waals surface area contributed by atoms with Crippen molar-refractivity contribution in [2.75, 3.05) is 0 Å². The second-order valence-corrected chi connectivity index (χ2v) is 4.35. The second kappa shape index (κ2) is 4.41. The Kier molecular flexibility index (Phi) is 2.97. The monoisotopic (exact) mass is 242 g/mol. The first-order chi connectivity index (χ1) is 7.25. The van der Waals surface area contributed by atoms with E-state index in [0.717, 1.165) is 17.0 Å². The standard InChI is InChI=1S/C7H6N4O2S2/c12-6(13)5-10-4(1-14-5)2-15-7-8-3-9-11-7/h1,3H,2H2,(H,12,13)(H,8,9,11). The number of thiazole rings is 1. The molecule has 78 valence electrons. The van der Waals surface area contributed by atoms with E-state index in [1.54, 1.807) is 5.38 Å². The molecule has 0 saturated heterocycles. The smallest absolute Gasteiger partial charge is 0.365 e. The van der Waals surface area contributed by atoms with E-state index in [0.29, 0.717) is 10.9 Å². The molecule has 0 amide bonds. The minimum atomic E-state index is -0.990. The molecular formula is C7H6N4O2S2. The van der Waals surface area contributed by atoms with Crippen LogP contribution in [0, 0.1) is 0 Å². The van der Waals surface area contributed by atoms with Gasteiger partial charge in [0.05, 0.1) is 5.69 Å². The molecule has 2 heterocycles. The lowest BCUT2D eigenvalue weighted by Crippen LogP contribution is -1.95. The van der Waals surface area contributed by atoms with Crippen LogP contribution in [0.1, 0.15) is 15.5 Å². The minimum absolute atomic E-state index is 0.114. The summed E-state index contributed by atoms with van der Waals surface area (Å²) in [6, 6.07) is 0. The summed E-state index contributed by atoms with van der Waals surface area (Å²) >= 11 is 2.55. The van der Waals surface area contributed by atoms with Crippen molar-refractivity contribution in [1.82, 2.24) is 20.2 Å². The number of nitrogens with zero attached hydrogens (tertiary/aromatic N) is 3. The van der Waals surface area contributed by atoms with E-state index >= 15 is 0 Å². The number of hydrogen-bond acceptors (Lipinski definition) is 6. The summed E-state index contributed by atoms with van der Waals surface area (Å²) in [7, 11) is 0. The predicted octanol–water partition coefficient (Wildman–Crippen LogP) is 1.25. The van der Waals surface area contributed by atoms with Gasteiger partial charge in [0, 0.05) is 11.1 Å². The summed E-state index contributed by atoms with van der Waals surface area (Å²) in [5.41, 5.74) is 0.735. The maximum Gasteiger partial charge on any atom is 0.365 e. The van der Waals surface area contributed by atoms with Crippen LogP contribution in [0.3, 0.4) is 0 Å². The number of carbonyl (C=O) groups is 1. The quantitative estimate of drug-likeness (QED) is 0.784. The van der Waals surface area contributed by atoms with Gasteiger partial charge in [-0.1, -0.05) is 11.8 Å². The molecule has 0 radical (unpaired) electrons. The van der Waals surface area contributed by atoms with Gasteiger partial charge >= 0.3 is 5.97 Å². The number of carboxylic acid groups (broad SMARTS) is 1. The van der Waals surface area contributed by atoms with E-state index in [2.05, 4.69) is 20.2 Å². The summed E-state index contributed by atoms with van der Waals surface area (Å²) in [5.74, 6) is -0.408. The lowest BCUT2D eigenvalue weighted by Gasteiger charge is -1.91. The highest BCUT2D eigenvalue weighted by molar-refractivity contribution is 7.98. The van der Waals surface area contributed by atoms with Crippen LogP contribution in [0.2, 0.25) is 0 Å². The Morgan fingerprint density at radius 2 is 2.53 bits per heavy atom. The van der Waals surface area contributed by atoms with Gasteiger partial charge in [0.25, 0.3) is 0 Å². The van der Waals surface area contributed by atoms with E-state index in [9.17, 15) is 4.79 Å². The van der Waals surface area contributed by atoms with Gasteiger partial charge in [-0.25, -0.2) is 14.8 Å². The average molecular weight is 242 g/mol. The molecule has 0 unspecified atom stereocenters. The zero-order valence-electron chi connectivity index (χ0n) is 7.38. The highest BCUT2D eigenvalue weighted by atomic mass is 32.2. The van der Waals surface area contributed by atoms with Crippen LogP contribution in [0.15, 0.2) is 16.9 Å². The highest BCUT2D eigenvalue weighted by Gasteiger charge is 2.09. The molecular weight excluding hydrogens is 236 g/mol. The van der Waals surface area contributed by atoms with Crippen LogP contribution in [-0.4, -0.2) is 31.2 Å². The molecule has 2 rings (SSSR count). The largest absolute Gasteiger partial charge is 0.476 e. The normalized spacial score (nSPS) is 10.4. The number of hydrogen-bond donors (Lipinski definition) is 2. The Labute approximate surface area is 92.8 Å². The summed E-state index contributed by atoms with van der Waals surface area (Å²) < 4.78 is 0. The molecule has 0 aliphatic heterocycles. The minimum Gasteiger partial charge on any atom is -0.476 e. The van der Waals surface area contributed by atoms with E-state index in [4.69, 9.17) is 5.11 Å². The molecule has 0 aliphatic carbocycles. The number of nitrogens with one attached hydrogen (secondary N) is 1. The third-order valence-corrected chi connectivity index (χ3v) is 3.27. The highest BCUT2D eigenvalue weighted by Crippen LogP contribution is 2.19. The van der Waals surface area contributed by atoms with E-state index in [1.165, 1.54) is 18.1 Å². The van der Waals surface area contributed by atoms with Crippen molar-refractivity contribution < 1.29 is 9.90 Å². The van der Waals surface area contributed by atoms with Gasteiger partial charge in [-0.15, -0.1) is 11.3 Å². The predicted molar refractivity (Wildman–Crippen MR) is 55.0 cm³/mol. The Bertz CT molecular complexity index is 453. The molecule has 8 heteroatoms. The van der Waals surface area contributed by atoms with Crippen molar-refractivity contribution in [1.29, 1.82) is 0 Å². The zero-order chi connectivity index (χ0) is 10.7. The lowest BCUT2D eigenvalue weighted by atomic mass is 10.6. The first kappa shape index (κ1) is 10.1. The molecule has 2 aromatic heterocycles. The molecule has 6 nitrogen and oxygen atoms in total. The van der Waals surface area contributed by atoms with Gasteiger partial charge in [-0.05, 0) is 0 Å². The molecule has 2 N–H and O–H groups in total. The van der Waals surface area contributed by atoms with Crippen LogP contribution in [-0.2, 0) is 5.75 Å². The SMILES string of the molecule is O=C(O)c1nc(CSc2ncn[nH]2)cs1. The molecule has 0 spiro atoms. The van der Waals surface area contributed by atoms with Crippen molar-refractivity contribution in [3.8, 4) is 0 Å². The van der Waals surface area contributed by atoms with Crippen molar-refractivity contribution in [2.45, 2.75) is 10.9 Å². The van der Waals surface area contributed by atoms with Crippen LogP contribution < -0.4 is 0 Å². The molecule has 15 heavy (non-hydrogen) atoms. The molecule has 0 bridgehead atoms. The fraction of sp³-hybridized carbons (Fsp3) is 0.143. The average Bonchev–Trinajstić information content (AvgIpc) is 2.86. The van der Waals surface area contributed by atoms with E-state index in [-0.39, 0.29) is 5.01 Å². The van der Waals surface area contributed by atoms with Crippen LogP contribution in [0.5, 0.6) is 0 Å². The Morgan fingerprint density at radius 1 is 1.67 bits per heavy atom. The lowest BCUT2D eigenvalue weighted by molar-refractivity contribution is 0.0696. The third-order valence-electron chi connectivity index (χ3n) is 1.48. The van der Waals surface area contributed by atoms with Crippen LogP contribution in [0.25, 0.3) is 0 Å². The van der Waals surface area contributed by atoms with Gasteiger partial charge in [-0.3, -0.25) is 5.10 Å². The summed E-state index contributed by atoms with van der Waals surface area (Å²) in [6.45, 7) is 0. The van der Waals surface area contributed by atoms with Crippen LogP contribution >= 0.6 is 23.1 Å². The molecule has 0 atom stereocenters. The van der Waals surface area contributed by atoms with Crippen molar-refractivity contribution >= 4 is 29.1 Å². The molecule has 0 saturated carbocycles. The number of aromatic amines is 1. The van der Waals surface area contributed by atoms with Gasteiger partial charge < -0.3 is 5.11 Å². The van der Waals surface area contributed by atoms with Gasteiger partial charge in [0.15, 0.2) is 5.16 Å². The first-order valence-corrected chi connectivity index (χ1v) is 5.78. The summed E-state index contributed by atoms with van der Waals surface area (Å²) in [4.78, 5) is 18.4. The number of carboxylic acids is 1. The molecule has 0 aromatic carbocycles. The number of aromatic carboxylic acids is 1. The zero-order valence-corrected chi connectivity index (χ0v) is 9.01. The van der Waals surface area contributed by atoms with Crippen molar-refractivity contribution in [3.05, 3.63) is 22.4 Å². The molecule has 0 fully saturated rings. The third kappa shape index (κ3) is 2.54. The number of H-pyrrole nitrogens is 1. The van der Waals surface area contributed by atoms with E-state index < -0.39 is 5.97 Å². The number of thioether (sulfide) groups is 1. The van der Waals surface area contributed by atoms with E-state index in [1.807, 2.05) is 0 Å². The Morgan fingerprint density at radius 3 is 3.13 bits per heavy atom. The fourth-order valence-electron chi connectivity index (χ4n) is 0.878. The van der Waals surface area contributed by atoms with Crippen molar-refractivity contribution in [3.63, 3.8) is 0 Å². The summed E-state index contributed by atoms with van der Waals surface area (Å²) in [6.07, 6.45) is 1.42. The van der Waals surface area contributed by atoms with Gasteiger partial charge in [0.2, 0.25) is 5.01 Å². The Hall–Kier alpha value is -1.41. The summed E-state index contributed by atoms with van der Waals surface area (Å²) in [5, 5.41) is 17.6. The van der Waals surface area contributed by atoms with Gasteiger partial charge in [-0.2, -0.15) is 5.10 Å². The molecule has 2 aromatic rings.